The van der Waals surface area contributed by atoms with E-state index < -0.39 is 0 Å². The van der Waals surface area contributed by atoms with Gasteiger partial charge in [0, 0.05) is 6.54 Å². The van der Waals surface area contributed by atoms with Crippen LogP contribution in [0.15, 0.2) is 24.3 Å². The van der Waals surface area contributed by atoms with Crippen molar-refractivity contribution < 1.29 is 14.3 Å². The van der Waals surface area contributed by atoms with Crippen molar-refractivity contribution in [1.82, 2.24) is 5.32 Å². The van der Waals surface area contributed by atoms with Gasteiger partial charge in [0.25, 0.3) is 0 Å². The van der Waals surface area contributed by atoms with Crippen LogP contribution in [-0.2, 0) is 9.53 Å². The number of hydrogen-bond acceptors (Lipinski definition) is 3. The lowest BCUT2D eigenvalue weighted by Crippen LogP contribution is -2.34. The van der Waals surface area contributed by atoms with Crippen LogP contribution in [0, 0.1) is 5.92 Å². The molecule has 0 aliphatic heterocycles. The van der Waals surface area contributed by atoms with E-state index in [1.54, 1.807) is 7.11 Å². The summed E-state index contributed by atoms with van der Waals surface area (Å²) >= 11 is 0. The highest BCUT2D eigenvalue weighted by molar-refractivity contribution is 5.83. The Morgan fingerprint density at radius 3 is 2.24 bits per heavy atom. The van der Waals surface area contributed by atoms with Gasteiger partial charge in [-0.25, -0.2) is 0 Å². The molecule has 0 aliphatic rings. The predicted octanol–water partition coefficient (Wildman–Crippen LogP) is 2.98. The zero-order valence-corrected chi connectivity index (χ0v) is 13.7. The molecule has 0 bridgehead atoms. The van der Waals surface area contributed by atoms with E-state index in [1.165, 1.54) is 0 Å². The number of ether oxygens (including phenoxy) is 2. The molecule has 4 heteroatoms. The number of carbonyl (C=O) groups is 1. The van der Waals surface area contributed by atoms with Crippen LogP contribution in [0.4, 0.5) is 0 Å². The Labute approximate surface area is 127 Å². The molecular formula is C17H27NO3. The number of methoxy groups -OCH3 is 1. The Morgan fingerprint density at radius 2 is 1.76 bits per heavy atom. The van der Waals surface area contributed by atoms with E-state index in [9.17, 15) is 4.79 Å². The smallest absolute Gasteiger partial charge is 0.227 e. The minimum Gasteiger partial charge on any atom is -0.497 e. The predicted molar refractivity (Wildman–Crippen MR) is 84.7 cm³/mol. The van der Waals surface area contributed by atoms with Crippen LogP contribution >= 0.6 is 0 Å². The first-order valence-electron chi connectivity index (χ1n) is 7.49. The number of amides is 1. The minimum atomic E-state index is -0.157. The van der Waals surface area contributed by atoms with Crippen molar-refractivity contribution in [3.8, 4) is 5.75 Å². The number of rotatable bonds is 8. The summed E-state index contributed by atoms with van der Waals surface area (Å²) in [5.41, 5.74) is 1.01. The van der Waals surface area contributed by atoms with Gasteiger partial charge in [-0.05, 0) is 37.5 Å². The SMILES string of the molecule is COc1ccc(C(C(=O)NCCOC(C)C)C(C)C)cc1. The average molecular weight is 293 g/mol. The first-order valence-corrected chi connectivity index (χ1v) is 7.49. The molecule has 0 saturated heterocycles. The van der Waals surface area contributed by atoms with Gasteiger partial charge in [0.2, 0.25) is 5.91 Å². The van der Waals surface area contributed by atoms with E-state index in [0.717, 1.165) is 11.3 Å². The van der Waals surface area contributed by atoms with E-state index in [4.69, 9.17) is 9.47 Å². The third-order valence-corrected chi connectivity index (χ3v) is 3.28. The normalized spacial score (nSPS) is 12.5. The molecule has 0 radical (unpaired) electrons. The van der Waals surface area contributed by atoms with Gasteiger partial charge in [-0.2, -0.15) is 0 Å². The highest BCUT2D eigenvalue weighted by atomic mass is 16.5. The number of hydrogen-bond donors (Lipinski definition) is 1. The standard InChI is InChI=1S/C17H27NO3/c1-12(2)16(14-6-8-15(20-5)9-7-14)17(19)18-10-11-21-13(3)4/h6-9,12-13,16H,10-11H2,1-5H3,(H,18,19). The second-order valence-electron chi connectivity index (χ2n) is 5.71. The lowest BCUT2D eigenvalue weighted by molar-refractivity contribution is -0.123. The van der Waals surface area contributed by atoms with Crippen molar-refractivity contribution in [3.05, 3.63) is 29.8 Å². The van der Waals surface area contributed by atoms with Gasteiger partial charge in [0.05, 0.1) is 25.7 Å². The fraction of sp³-hybridized carbons (Fsp3) is 0.588. The first-order chi connectivity index (χ1) is 9.95. The Balaban J connectivity index is 2.65. The van der Waals surface area contributed by atoms with Crippen LogP contribution in [0.1, 0.15) is 39.2 Å². The van der Waals surface area contributed by atoms with E-state index in [1.807, 2.05) is 38.1 Å². The quantitative estimate of drug-likeness (QED) is 0.750. The largest absolute Gasteiger partial charge is 0.497 e. The molecule has 1 atom stereocenters. The van der Waals surface area contributed by atoms with Crippen LogP contribution < -0.4 is 10.1 Å². The fourth-order valence-corrected chi connectivity index (χ4v) is 2.23. The number of nitrogens with one attached hydrogen (secondary N) is 1. The van der Waals surface area contributed by atoms with E-state index in [-0.39, 0.29) is 23.8 Å². The van der Waals surface area contributed by atoms with E-state index in [2.05, 4.69) is 19.2 Å². The molecule has 4 nitrogen and oxygen atoms in total. The van der Waals surface area contributed by atoms with Gasteiger partial charge in [-0.15, -0.1) is 0 Å². The van der Waals surface area contributed by atoms with Crippen molar-refractivity contribution in [3.63, 3.8) is 0 Å². The van der Waals surface area contributed by atoms with Gasteiger partial charge < -0.3 is 14.8 Å². The molecule has 0 spiro atoms. The fourth-order valence-electron chi connectivity index (χ4n) is 2.23. The van der Waals surface area contributed by atoms with Crippen LogP contribution in [0.25, 0.3) is 0 Å². The molecule has 118 valence electrons. The Hall–Kier alpha value is -1.55. The Bertz CT molecular complexity index is 426. The zero-order valence-electron chi connectivity index (χ0n) is 13.7. The van der Waals surface area contributed by atoms with Crippen molar-refractivity contribution in [2.45, 2.75) is 39.7 Å². The molecule has 1 aromatic rings. The van der Waals surface area contributed by atoms with Gasteiger partial charge >= 0.3 is 0 Å². The number of carbonyl (C=O) groups excluding carboxylic acids is 1. The summed E-state index contributed by atoms with van der Waals surface area (Å²) in [7, 11) is 1.64. The molecule has 1 amide bonds. The second kappa shape index (κ2) is 8.67. The van der Waals surface area contributed by atoms with Crippen LogP contribution in [0.5, 0.6) is 5.75 Å². The van der Waals surface area contributed by atoms with Gasteiger partial charge in [-0.3, -0.25) is 4.79 Å². The highest BCUT2D eigenvalue weighted by Gasteiger charge is 2.23. The molecule has 1 N–H and O–H groups in total. The Morgan fingerprint density at radius 1 is 1.14 bits per heavy atom. The molecule has 1 unspecified atom stereocenters. The van der Waals surface area contributed by atoms with E-state index >= 15 is 0 Å². The van der Waals surface area contributed by atoms with Gasteiger partial charge in [-0.1, -0.05) is 26.0 Å². The summed E-state index contributed by atoms with van der Waals surface area (Å²) in [6.07, 6.45) is 0.185. The summed E-state index contributed by atoms with van der Waals surface area (Å²) in [6.45, 7) is 9.15. The molecule has 1 rings (SSSR count). The molecular weight excluding hydrogens is 266 g/mol. The van der Waals surface area contributed by atoms with E-state index in [0.29, 0.717) is 13.2 Å². The van der Waals surface area contributed by atoms with Gasteiger partial charge in [0.1, 0.15) is 5.75 Å². The summed E-state index contributed by atoms with van der Waals surface area (Å²) in [6, 6.07) is 7.68. The third-order valence-electron chi connectivity index (χ3n) is 3.28. The zero-order chi connectivity index (χ0) is 15.8. The molecule has 21 heavy (non-hydrogen) atoms. The van der Waals surface area contributed by atoms with Crippen molar-refractivity contribution in [2.24, 2.45) is 5.92 Å². The average Bonchev–Trinajstić information content (AvgIpc) is 2.44. The topological polar surface area (TPSA) is 47.6 Å². The van der Waals surface area contributed by atoms with Crippen LogP contribution in [-0.4, -0.2) is 32.3 Å². The lowest BCUT2D eigenvalue weighted by Gasteiger charge is -2.21. The maximum Gasteiger partial charge on any atom is 0.227 e. The third kappa shape index (κ3) is 5.76. The molecule has 0 fully saturated rings. The summed E-state index contributed by atoms with van der Waals surface area (Å²) in [5.74, 6) is 0.911. The van der Waals surface area contributed by atoms with Crippen LogP contribution in [0.2, 0.25) is 0 Å². The van der Waals surface area contributed by atoms with Crippen LogP contribution in [0.3, 0.4) is 0 Å². The highest BCUT2D eigenvalue weighted by Crippen LogP contribution is 2.26. The molecule has 0 aliphatic carbocycles. The molecule has 1 aromatic carbocycles. The maximum atomic E-state index is 12.4. The Kier molecular flexibility index (Phi) is 7.23. The van der Waals surface area contributed by atoms with Crippen molar-refractivity contribution >= 4 is 5.91 Å². The second-order valence-corrected chi connectivity index (χ2v) is 5.71. The monoisotopic (exact) mass is 293 g/mol. The molecule has 0 heterocycles. The summed E-state index contributed by atoms with van der Waals surface area (Å²) in [4.78, 5) is 12.4. The first kappa shape index (κ1) is 17.5. The molecule has 0 saturated carbocycles. The summed E-state index contributed by atoms with van der Waals surface area (Å²) in [5, 5.41) is 2.95. The summed E-state index contributed by atoms with van der Waals surface area (Å²) < 4.78 is 10.6. The van der Waals surface area contributed by atoms with Crippen molar-refractivity contribution in [1.29, 1.82) is 0 Å². The molecule has 0 aromatic heterocycles. The van der Waals surface area contributed by atoms with Gasteiger partial charge in [0.15, 0.2) is 0 Å². The van der Waals surface area contributed by atoms with Crippen molar-refractivity contribution in [2.75, 3.05) is 20.3 Å². The lowest BCUT2D eigenvalue weighted by atomic mass is 9.87. The number of benzene rings is 1. The maximum absolute atomic E-state index is 12.4. The minimum absolute atomic E-state index is 0.0440.